The number of nitrogens with one attached hydrogen (secondary N) is 1. The summed E-state index contributed by atoms with van der Waals surface area (Å²) in [6.45, 7) is 6.08. The van der Waals surface area contributed by atoms with Crippen LogP contribution in [-0.4, -0.2) is 11.9 Å². The molecule has 1 saturated heterocycles. The summed E-state index contributed by atoms with van der Waals surface area (Å²) in [7, 11) is 0. The molecule has 1 aliphatic heterocycles. The highest BCUT2D eigenvalue weighted by molar-refractivity contribution is 5.81. The van der Waals surface area contributed by atoms with Gasteiger partial charge in [0.05, 0.1) is 5.56 Å². The number of hydrogen-bond acceptors (Lipinski definition) is 1. The van der Waals surface area contributed by atoms with E-state index in [1.807, 2.05) is 6.92 Å². The number of carbonyl (C=O) groups is 1. The molecule has 2 nitrogen and oxygen atoms in total. The van der Waals surface area contributed by atoms with E-state index in [0.717, 1.165) is 24.1 Å². The maximum atomic E-state index is 12.6. The number of alkyl halides is 3. The highest BCUT2D eigenvalue weighted by atomic mass is 19.4. The molecular formula is C16H20F3NO. The van der Waals surface area contributed by atoms with Gasteiger partial charge in [-0.3, -0.25) is 4.79 Å². The second kappa shape index (κ2) is 5.35. The van der Waals surface area contributed by atoms with Crippen LogP contribution in [0.15, 0.2) is 24.3 Å². The topological polar surface area (TPSA) is 29.1 Å². The van der Waals surface area contributed by atoms with Gasteiger partial charge in [0, 0.05) is 17.9 Å². The molecule has 1 aliphatic rings. The molecule has 116 valence electrons. The summed E-state index contributed by atoms with van der Waals surface area (Å²) in [5.41, 5.74) is -0.335. The second-order valence-electron chi connectivity index (χ2n) is 6.42. The Bertz CT molecular complexity index is 521. The lowest BCUT2D eigenvalue weighted by Crippen LogP contribution is -2.39. The van der Waals surface area contributed by atoms with Crippen LogP contribution in [0.3, 0.4) is 0 Å². The molecular weight excluding hydrogens is 279 g/mol. The van der Waals surface area contributed by atoms with E-state index in [2.05, 4.69) is 19.2 Å². The molecule has 1 N–H and O–H groups in total. The minimum atomic E-state index is -4.33. The van der Waals surface area contributed by atoms with Crippen LogP contribution < -0.4 is 5.32 Å². The zero-order chi connectivity index (χ0) is 15.8. The molecule has 1 aromatic rings. The first-order chi connectivity index (χ1) is 9.63. The highest BCUT2D eigenvalue weighted by Gasteiger charge is 2.44. The fraction of sp³-hybridized carbons (Fsp3) is 0.562. The normalized spacial score (nSPS) is 26.2. The Morgan fingerprint density at radius 3 is 2.33 bits per heavy atom. The minimum absolute atomic E-state index is 0.0388. The van der Waals surface area contributed by atoms with Crippen LogP contribution in [0.25, 0.3) is 0 Å². The maximum absolute atomic E-state index is 12.6. The number of amides is 1. The predicted octanol–water partition coefficient (Wildman–Crippen LogP) is 3.90. The summed E-state index contributed by atoms with van der Waals surface area (Å²) < 4.78 is 37.9. The molecule has 2 unspecified atom stereocenters. The standard InChI is InChI=1S/C16H20F3NO/c1-10(2)8-13-15(3,9-14(21)20-13)11-4-6-12(7-5-11)16(17,18)19/h4-7,10,13H,8-9H2,1-3H3,(H,20,21). The van der Waals surface area contributed by atoms with Crippen molar-refractivity contribution in [1.82, 2.24) is 5.32 Å². The summed E-state index contributed by atoms with van der Waals surface area (Å²) in [5.74, 6) is 0.366. The van der Waals surface area contributed by atoms with Crippen molar-refractivity contribution in [3.05, 3.63) is 35.4 Å². The van der Waals surface area contributed by atoms with Crippen LogP contribution in [-0.2, 0) is 16.4 Å². The van der Waals surface area contributed by atoms with Gasteiger partial charge in [-0.15, -0.1) is 0 Å². The van der Waals surface area contributed by atoms with E-state index < -0.39 is 17.2 Å². The van der Waals surface area contributed by atoms with Crippen LogP contribution in [0.5, 0.6) is 0 Å². The summed E-state index contributed by atoms with van der Waals surface area (Å²) in [5, 5.41) is 2.96. The lowest BCUT2D eigenvalue weighted by atomic mass is 9.73. The Labute approximate surface area is 122 Å². The van der Waals surface area contributed by atoms with E-state index in [4.69, 9.17) is 0 Å². The quantitative estimate of drug-likeness (QED) is 0.901. The summed E-state index contributed by atoms with van der Waals surface area (Å²) in [6, 6.07) is 5.14. The van der Waals surface area contributed by atoms with Crippen LogP contribution in [0, 0.1) is 5.92 Å². The van der Waals surface area contributed by atoms with Gasteiger partial charge in [0.1, 0.15) is 0 Å². The lowest BCUT2D eigenvalue weighted by molar-refractivity contribution is -0.137. The van der Waals surface area contributed by atoms with Crippen LogP contribution >= 0.6 is 0 Å². The van der Waals surface area contributed by atoms with Gasteiger partial charge in [-0.05, 0) is 30.0 Å². The molecule has 1 amide bonds. The van der Waals surface area contributed by atoms with Crippen molar-refractivity contribution in [2.75, 3.05) is 0 Å². The largest absolute Gasteiger partial charge is 0.416 e. The monoisotopic (exact) mass is 299 g/mol. The van der Waals surface area contributed by atoms with Crippen LogP contribution in [0.2, 0.25) is 0 Å². The number of benzene rings is 1. The second-order valence-corrected chi connectivity index (χ2v) is 6.42. The lowest BCUT2D eigenvalue weighted by Gasteiger charge is -2.32. The third-order valence-corrected chi connectivity index (χ3v) is 4.21. The Morgan fingerprint density at radius 1 is 1.29 bits per heavy atom. The highest BCUT2D eigenvalue weighted by Crippen LogP contribution is 2.39. The van der Waals surface area contributed by atoms with E-state index >= 15 is 0 Å². The van der Waals surface area contributed by atoms with E-state index in [1.54, 1.807) is 0 Å². The van der Waals surface area contributed by atoms with Crippen molar-refractivity contribution in [2.24, 2.45) is 5.92 Å². The first kappa shape index (κ1) is 15.9. The van der Waals surface area contributed by atoms with Crippen molar-refractivity contribution in [3.8, 4) is 0 Å². The average molecular weight is 299 g/mol. The van der Waals surface area contributed by atoms with Crippen molar-refractivity contribution >= 4 is 5.91 Å². The molecule has 1 fully saturated rings. The fourth-order valence-electron chi connectivity index (χ4n) is 3.00. The van der Waals surface area contributed by atoms with Gasteiger partial charge in [-0.2, -0.15) is 13.2 Å². The van der Waals surface area contributed by atoms with E-state index in [0.29, 0.717) is 12.3 Å². The minimum Gasteiger partial charge on any atom is -0.352 e. The first-order valence-corrected chi connectivity index (χ1v) is 7.10. The summed E-state index contributed by atoms with van der Waals surface area (Å²) >= 11 is 0. The van der Waals surface area contributed by atoms with Gasteiger partial charge in [0.25, 0.3) is 0 Å². The van der Waals surface area contributed by atoms with E-state index in [9.17, 15) is 18.0 Å². The Morgan fingerprint density at radius 2 is 1.86 bits per heavy atom. The molecule has 2 rings (SSSR count). The molecule has 1 heterocycles. The van der Waals surface area contributed by atoms with Crippen LogP contribution in [0.4, 0.5) is 13.2 Å². The van der Waals surface area contributed by atoms with Gasteiger partial charge >= 0.3 is 6.18 Å². The summed E-state index contributed by atoms with van der Waals surface area (Å²) in [6.07, 6.45) is -3.21. The van der Waals surface area contributed by atoms with Crippen molar-refractivity contribution < 1.29 is 18.0 Å². The zero-order valence-corrected chi connectivity index (χ0v) is 12.4. The van der Waals surface area contributed by atoms with Gasteiger partial charge < -0.3 is 5.32 Å². The maximum Gasteiger partial charge on any atom is 0.416 e. The first-order valence-electron chi connectivity index (χ1n) is 7.10. The molecule has 0 bridgehead atoms. The van der Waals surface area contributed by atoms with Crippen LogP contribution in [0.1, 0.15) is 44.7 Å². The van der Waals surface area contributed by atoms with Crippen molar-refractivity contribution in [1.29, 1.82) is 0 Å². The molecule has 0 aliphatic carbocycles. The van der Waals surface area contributed by atoms with Gasteiger partial charge in [0.15, 0.2) is 0 Å². The average Bonchev–Trinajstić information content (AvgIpc) is 2.63. The molecule has 0 radical (unpaired) electrons. The SMILES string of the molecule is CC(C)CC1NC(=O)CC1(C)c1ccc(C(F)(F)F)cc1. The number of halogens is 3. The molecule has 5 heteroatoms. The third kappa shape index (κ3) is 3.22. The molecule has 21 heavy (non-hydrogen) atoms. The number of hydrogen-bond donors (Lipinski definition) is 1. The number of rotatable bonds is 3. The van der Waals surface area contributed by atoms with Gasteiger partial charge in [0.2, 0.25) is 5.91 Å². The van der Waals surface area contributed by atoms with Gasteiger partial charge in [-0.1, -0.05) is 32.9 Å². The zero-order valence-electron chi connectivity index (χ0n) is 12.4. The molecule has 1 aromatic carbocycles. The third-order valence-electron chi connectivity index (χ3n) is 4.21. The van der Waals surface area contributed by atoms with Crippen molar-refractivity contribution in [3.63, 3.8) is 0 Å². The molecule has 2 atom stereocenters. The Kier molecular flexibility index (Phi) is 4.04. The molecule has 0 spiro atoms. The smallest absolute Gasteiger partial charge is 0.352 e. The van der Waals surface area contributed by atoms with Gasteiger partial charge in [-0.25, -0.2) is 0 Å². The molecule has 0 saturated carbocycles. The van der Waals surface area contributed by atoms with E-state index in [1.165, 1.54) is 12.1 Å². The van der Waals surface area contributed by atoms with E-state index in [-0.39, 0.29) is 11.9 Å². The Balaban J connectivity index is 2.31. The van der Waals surface area contributed by atoms with Crippen molar-refractivity contribution in [2.45, 2.75) is 51.2 Å². The molecule has 0 aromatic heterocycles. The Hall–Kier alpha value is -1.52. The number of carbonyl (C=O) groups excluding carboxylic acids is 1. The summed E-state index contributed by atoms with van der Waals surface area (Å²) in [4.78, 5) is 11.8. The fourth-order valence-corrected chi connectivity index (χ4v) is 3.00. The predicted molar refractivity (Wildman–Crippen MR) is 74.8 cm³/mol.